The molecule has 94 valence electrons. The van der Waals surface area contributed by atoms with Gasteiger partial charge in [-0.15, -0.1) is 0 Å². The summed E-state index contributed by atoms with van der Waals surface area (Å²) in [6.45, 7) is 0.710. The Morgan fingerprint density at radius 3 is 2.76 bits per heavy atom. The van der Waals surface area contributed by atoms with Crippen LogP contribution in [0.1, 0.15) is 29.6 Å². The summed E-state index contributed by atoms with van der Waals surface area (Å²) in [5.74, 6) is -0.271. The third-order valence-corrected chi connectivity index (χ3v) is 2.40. The number of carbonyl (C=O) groups is 1. The van der Waals surface area contributed by atoms with Gasteiger partial charge >= 0.3 is 0 Å². The Labute approximate surface area is 100 Å². The van der Waals surface area contributed by atoms with Crippen molar-refractivity contribution in [3.05, 3.63) is 23.8 Å². The second-order valence-electron chi connectivity index (χ2n) is 3.81. The molecule has 0 aliphatic carbocycles. The van der Waals surface area contributed by atoms with Crippen LogP contribution in [-0.2, 0) is 0 Å². The Balaban J connectivity index is 2.44. The van der Waals surface area contributed by atoms with Gasteiger partial charge < -0.3 is 21.3 Å². The third kappa shape index (κ3) is 4.32. The molecule has 0 saturated carbocycles. The van der Waals surface area contributed by atoms with E-state index >= 15 is 0 Å². The van der Waals surface area contributed by atoms with E-state index in [1.165, 1.54) is 18.2 Å². The predicted molar refractivity (Wildman–Crippen MR) is 65.8 cm³/mol. The summed E-state index contributed by atoms with van der Waals surface area (Å²) < 4.78 is 0. The number of rotatable bonds is 6. The Kier molecular flexibility index (Phi) is 5.29. The summed E-state index contributed by atoms with van der Waals surface area (Å²) in [6, 6.07) is 4.28. The Bertz CT molecular complexity index is 380. The molecule has 17 heavy (non-hydrogen) atoms. The first-order valence-corrected chi connectivity index (χ1v) is 5.62. The van der Waals surface area contributed by atoms with E-state index in [1.54, 1.807) is 0 Å². The van der Waals surface area contributed by atoms with Gasteiger partial charge in [-0.25, -0.2) is 0 Å². The minimum Gasteiger partial charge on any atom is -0.508 e. The molecule has 1 rings (SSSR count). The molecule has 1 amide bonds. The van der Waals surface area contributed by atoms with Crippen LogP contribution >= 0.6 is 0 Å². The van der Waals surface area contributed by atoms with Crippen molar-refractivity contribution in [3.63, 3.8) is 0 Å². The molecule has 0 aliphatic rings. The van der Waals surface area contributed by atoms with E-state index < -0.39 is 0 Å². The first-order chi connectivity index (χ1) is 8.15. The molecule has 0 heterocycles. The number of benzene rings is 1. The summed E-state index contributed by atoms with van der Waals surface area (Å²) in [5, 5.41) is 20.6. The lowest BCUT2D eigenvalue weighted by Crippen LogP contribution is -2.25. The fourth-order valence-electron chi connectivity index (χ4n) is 1.45. The molecular formula is C12H18N2O3. The monoisotopic (exact) mass is 238 g/mol. The number of aliphatic hydroxyl groups is 1. The highest BCUT2D eigenvalue weighted by Gasteiger charge is 2.09. The molecule has 1 aromatic carbocycles. The molecule has 5 heteroatoms. The van der Waals surface area contributed by atoms with Gasteiger partial charge in [-0.3, -0.25) is 4.79 Å². The molecule has 1 aromatic rings. The van der Waals surface area contributed by atoms with Gasteiger partial charge in [0, 0.05) is 18.8 Å². The average Bonchev–Trinajstić information content (AvgIpc) is 2.32. The van der Waals surface area contributed by atoms with Crippen LogP contribution in [0.15, 0.2) is 18.2 Å². The van der Waals surface area contributed by atoms with E-state index in [-0.39, 0.29) is 23.8 Å². The number of hydrogen-bond donors (Lipinski definition) is 4. The number of aromatic hydroxyl groups is 1. The van der Waals surface area contributed by atoms with Gasteiger partial charge in [-0.05, 0) is 37.5 Å². The lowest BCUT2D eigenvalue weighted by Gasteiger charge is -2.07. The number of hydrogen-bond acceptors (Lipinski definition) is 4. The summed E-state index contributed by atoms with van der Waals surface area (Å²) in [5.41, 5.74) is 6.26. The molecule has 0 aromatic heterocycles. The molecule has 0 saturated heterocycles. The van der Waals surface area contributed by atoms with Gasteiger partial charge in [-0.2, -0.15) is 0 Å². The molecule has 0 atom stereocenters. The first kappa shape index (κ1) is 13.3. The lowest BCUT2D eigenvalue weighted by molar-refractivity contribution is 0.0953. The van der Waals surface area contributed by atoms with Crippen LogP contribution in [0.5, 0.6) is 5.75 Å². The van der Waals surface area contributed by atoms with Crippen molar-refractivity contribution < 1.29 is 15.0 Å². The van der Waals surface area contributed by atoms with Crippen LogP contribution in [0, 0.1) is 0 Å². The van der Waals surface area contributed by atoms with E-state index in [4.69, 9.17) is 10.8 Å². The number of nitrogen functional groups attached to an aromatic ring is 1. The molecule has 0 radical (unpaired) electrons. The standard InChI is InChI=1S/C12H18N2O3/c13-11-5-4-9(16)8-10(11)12(17)14-6-2-1-3-7-15/h4-5,8,15-16H,1-3,6-7,13H2,(H,14,17). The van der Waals surface area contributed by atoms with Crippen LogP contribution in [-0.4, -0.2) is 29.3 Å². The van der Waals surface area contributed by atoms with Crippen molar-refractivity contribution in [2.45, 2.75) is 19.3 Å². The number of anilines is 1. The summed E-state index contributed by atoms with van der Waals surface area (Å²) in [4.78, 5) is 11.7. The minimum absolute atomic E-state index is 0.0182. The number of nitrogens with two attached hydrogens (primary N) is 1. The van der Waals surface area contributed by atoms with Crippen LogP contribution in [0.3, 0.4) is 0 Å². The van der Waals surface area contributed by atoms with Crippen molar-refractivity contribution in [1.82, 2.24) is 5.32 Å². The van der Waals surface area contributed by atoms with E-state index in [0.29, 0.717) is 12.2 Å². The number of phenolic OH excluding ortho intramolecular Hbond substituents is 1. The van der Waals surface area contributed by atoms with Crippen molar-refractivity contribution in [1.29, 1.82) is 0 Å². The lowest BCUT2D eigenvalue weighted by atomic mass is 10.1. The zero-order valence-electron chi connectivity index (χ0n) is 9.65. The van der Waals surface area contributed by atoms with Crippen LogP contribution in [0.4, 0.5) is 5.69 Å². The zero-order chi connectivity index (χ0) is 12.7. The smallest absolute Gasteiger partial charge is 0.253 e. The van der Waals surface area contributed by atoms with Crippen molar-refractivity contribution in [2.75, 3.05) is 18.9 Å². The highest BCUT2D eigenvalue weighted by molar-refractivity contribution is 5.99. The van der Waals surface area contributed by atoms with Gasteiger partial charge in [0.25, 0.3) is 5.91 Å². The maximum absolute atomic E-state index is 11.7. The highest BCUT2D eigenvalue weighted by Crippen LogP contribution is 2.18. The predicted octanol–water partition coefficient (Wildman–Crippen LogP) is 0.867. The van der Waals surface area contributed by atoms with Crippen LogP contribution in [0.25, 0.3) is 0 Å². The molecule has 0 aliphatic heterocycles. The topological polar surface area (TPSA) is 95.6 Å². The first-order valence-electron chi connectivity index (χ1n) is 5.62. The molecule has 0 bridgehead atoms. The van der Waals surface area contributed by atoms with Crippen LogP contribution in [0.2, 0.25) is 0 Å². The Morgan fingerprint density at radius 1 is 1.29 bits per heavy atom. The molecule has 0 spiro atoms. The Hall–Kier alpha value is -1.75. The zero-order valence-corrected chi connectivity index (χ0v) is 9.65. The van der Waals surface area contributed by atoms with E-state index in [1.807, 2.05) is 0 Å². The molecular weight excluding hydrogens is 220 g/mol. The summed E-state index contributed by atoms with van der Waals surface area (Å²) >= 11 is 0. The van der Waals surface area contributed by atoms with Gasteiger partial charge in [0.15, 0.2) is 0 Å². The van der Waals surface area contributed by atoms with Crippen molar-refractivity contribution in [3.8, 4) is 5.75 Å². The number of phenols is 1. The maximum Gasteiger partial charge on any atom is 0.253 e. The summed E-state index contributed by atoms with van der Waals surface area (Å²) in [6.07, 6.45) is 2.42. The number of nitrogens with one attached hydrogen (secondary N) is 1. The molecule has 5 nitrogen and oxygen atoms in total. The number of aliphatic hydroxyl groups excluding tert-OH is 1. The molecule has 0 fully saturated rings. The van der Waals surface area contributed by atoms with E-state index in [0.717, 1.165) is 19.3 Å². The second-order valence-corrected chi connectivity index (χ2v) is 3.81. The minimum atomic E-state index is -0.289. The van der Waals surface area contributed by atoms with Crippen molar-refractivity contribution >= 4 is 11.6 Å². The number of carbonyl (C=O) groups excluding carboxylic acids is 1. The third-order valence-electron chi connectivity index (χ3n) is 2.40. The van der Waals surface area contributed by atoms with Gasteiger partial charge in [0.1, 0.15) is 5.75 Å². The molecule has 0 unspecified atom stereocenters. The molecule has 5 N–H and O–H groups in total. The Morgan fingerprint density at radius 2 is 2.06 bits per heavy atom. The van der Waals surface area contributed by atoms with E-state index in [2.05, 4.69) is 5.32 Å². The normalized spacial score (nSPS) is 10.2. The highest BCUT2D eigenvalue weighted by atomic mass is 16.3. The quantitative estimate of drug-likeness (QED) is 0.336. The summed E-state index contributed by atoms with van der Waals surface area (Å²) in [7, 11) is 0. The second kappa shape index (κ2) is 6.75. The average molecular weight is 238 g/mol. The van der Waals surface area contributed by atoms with Gasteiger partial charge in [0.2, 0.25) is 0 Å². The van der Waals surface area contributed by atoms with Gasteiger partial charge in [-0.1, -0.05) is 0 Å². The SMILES string of the molecule is Nc1ccc(O)cc1C(=O)NCCCCCO. The number of unbranched alkanes of at least 4 members (excludes halogenated alkanes) is 2. The fraction of sp³-hybridized carbons (Fsp3) is 0.417. The van der Waals surface area contributed by atoms with Gasteiger partial charge in [0.05, 0.1) is 5.56 Å². The fourth-order valence-corrected chi connectivity index (χ4v) is 1.45. The van der Waals surface area contributed by atoms with Crippen molar-refractivity contribution in [2.24, 2.45) is 0 Å². The van der Waals surface area contributed by atoms with E-state index in [9.17, 15) is 9.90 Å². The van der Waals surface area contributed by atoms with Crippen LogP contribution < -0.4 is 11.1 Å². The maximum atomic E-state index is 11.7. The largest absolute Gasteiger partial charge is 0.508 e. The number of amides is 1.